The van der Waals surface area contributed by atoms with Crippen molar-refractivity contribution in [2.45, 2.75) is 63.0 Å². The van der Waals surface area contributed by atoms with Gasteiger partial charge in [0.25, 0.3) is 0 Å². The highest BCUT2D eigenvalue weighted by atomic mass is 79.9. The van der Waals surface area contributed by atoms with E-state index in [0.29, 0.717) is 50.7 Å². The van der Waals surface area contributed by atoms with Crippen molar-refractivity contribution in [3.05, 3.63) is 46.1 Å². The Hall–Kier alpha value is -4.36. The van der Waals surface area contributed by atoms with Crippen LogP contribution in [0.1, 0.15) is 44.1 Å². The Morgan fingerprint density at radius 1 is 1.04 bits per heavy atom. The number of carbonyl (C=O) groups is 1. The van der Waals surface area contributed by atoms with Crippen molar-refractivity contribution in [3.8, 4) is 35.4 Å². The molecule has 3 saturated heterocycles. The predicted octanol–water partition coefficient (Wildman–Crippen LogP) is 6.91. The molecule has 2 aromatic heterocycles. The van der Waals surface area contributed by atoms with Gasteiger partial charge in [0.1, 0.15) is 39.4 Å². The number of pyridine rings is 1. The Labute approximate surface area is 308 Å². The number of halogens is 7. The molecule has 0 spiro atoms. The third-order valence-electron chi connectivity index (χ3n) is 11.0. The monoisotopic (exact) mass is 802 g/mol. The maximum absolute atomic E-state index is 17.1. The lowest BCUT2D eigenvalue weighted by Gasteiger charge is -2.42. The van der Waals surface area contributed by atoms with E-state index in [9.17, 15) is 31.9 Å². The summed E-state index contributed by atoms with van der Waals surface area (Å²) in [6, 6.07) is 3.42. The van der Waals surface area contributed by atoms with E-state index in [4.69, 9.17) is 11.2 Å². The number of ether oxygens (including phenoxy) is 1. The summed E-state index contributed by atoms with van der Waals surface area (Å²) in [4.78, 5) is 30.9. The minimum atomic E-state index is -5.03. The molecule has 4 fully saturated rings. The molecular weight excluding hydrogens is 770 g/mol. The van der Waals surface area contributed by atoms with Crippen molar-refractivity contribution in [2.75, 3.05) is 44.2 Å². The fourth-order valence-corrected chi connectivity index (χ4v) is 8.69. The third kappa shape index (κ3) is 6.49. The van der Waals surface area contributed by atoms with Gasteiger partial charge >= 0.3 is 18.1 Å². The molecule has 1 saturated carbocycles. The van der Waals surface area contributed by atoms with Crippen molar-refractivity contribution < 1.29 is 41.0 Å². The van der Waals surface area contributed by atoms with Gasteiger partial charge in [-0.1, -0.05) is 12.0 Å². The van der Waals surface area contributed by atoms with E-state index in [2.05, 4.69) is 41.7 Å². The van der Waals surface area contributed by atoms with Gasteiger partial charge in [-0.15, -0.1) is 6.42 Å². The minimum absolute atomic E-state index is 0.00138. The van der Waals surface area contributed by atoms with Gasteiger partial charge in [-0.3, -0.25) is 4.79 Å². The second-order valence-electron chi connectivity index (χ2n) is 14.5. The number of aromatic hydroxyl groups is 1. The topological polar surface area (TPSA) is 94.9 Å². The number of phenols is 1. The van der Waals surface area contributed by atoms with Gasteiger partial charge in [-0.25, -0.2) is 18.2 Å². The molecule has 4 aromatic rings. The molecule has 2 atom stereocenters. The van der Waals surface area contributed by atoms with E-state index in [0.717, 1.165) is 23.8 Å². The third-order valence-corrected chi connectivity index (χ3v) is 11.5. The van der Waals surface area contributed by atoms with Gasteiger partial charge in [0.2, 0.25) is 0 Å². The van der Waals surface area contributed by atoms with Gasteiger partial charge in [0.15, 0.2) is 5.82 Å². The molecule has 4 aliphatic rings. The van der Waals surface area contributed by atoms with E-state index < -0.39 is 42.0 Å². The minimum Gasteiger partial charge on any atom is -0.508 e. The number of phenolic OH excluding ortho intramolecular Hbond substituents is 1. The normalized spacial score (nSPS) is 21.7. The quantitative estimate of drug-likeness (QED) is 0.123. The highest BCUT2D eigenvalue weighted by Gasteiger charge is 2.52. The number of likely N-dealkylation sites (tertiary alicyclic amines) is 1. The molecule has 53 heavy (non-hydrogen) atoms. The van der Waals surface area contributed by atoms with Crippen LogP contribution in [0.2, 0.25) is 0 Å². The van der Waals surface area contributed by atoms with E-state index in [-0.39, 0.29) is 80.4 Å². The van der Waals surface area contributed by atoms with Crippen molar-refractivity contribution in [3.63, 3.8) is 0 Å². The molecule has 1 amide bonds. The lowest BCUT2D eigenvalue weighted by atomic mass is 9.96. The first-order valence-corrected chi connectivity index (χ1v) is 18.2. The average Bonchev–Trinajstić information content (AvgIpc) is 3.84. The summed E-state index contributed by atoms with van der Waals surface area (Å²) in [7, 11) is 0. The van der Waals surface area contributed by atoms with Crippen LogP contribution in [0.4, 0.5) is 32.2 Å². The fraction of sp³-hybridized carbons (Fsp3) is 0.459. The van der Waals surface area contributed by atoms with E-state index >= 15 is 4.39 Å². The second-order valence-corrected chi connectivity index (χ2v) is 15.3. The number of terminal acetylenes is 1. The molecule has 278 valence electrons. The number of piperidine rings is 1. The molecule has 1 aliphatic carbocycles. The molecule has 2 bridgehead atoms. The molecular formula is C37H33BrF6N6O3. The zero-order valence-electron chi connectivity index (χ0n) is 28.2. The summed E-state index contributed by atoms with van der Waals surface area (Å²) < 4.78 is 92.7. The number of hydrogen-bond acceptors (Lipinski definition) is 8. The number of hydrogen-bond donors (Lipinski definition) is 1. The van der Waals surface area contributed by atoms with Crippen molar-refractivity contribution in [1.82, 2.24) is 24.8 Å². The lowest BCUT2D eigenvalue weighted by molar-refractivity contribution is -0.188. The van der Waals surface area contributed by atoms with E-state index in [1.807, 2.05) is 0 Å². The lowest BCUT2D eigenvalue weighted by Crippen LogP contribution is -2.59. The van der Waals surface area contributed by atoms with Crippen LogP contribution in [0.25, 0.3) is 32.9 Å². The van der Waals surface area contributed by atoms with Gasteiger partial charge < -0.3 is 24.5 Å². The molecule has 0 radical (unpaired) electrons. The Morgan fingerprint density at radius 3 is 2.38 bits per heavy atom. The van der Waals surface area contributed by atoms with Gasteiger partial charge in [0, 0.05) is 49.1 Å². The number of rotatable bonds is 7. The van der Waals surface area contributed by atoms with E-state index in [1.54, 1.807) is 4.90 Å². The highest BCUT2D eigenvalue weighted by molar-refractivity contribution is 9.10. The van der Waals surface area contributed by atoms with Crippen molar-refractivity contribution >= 4 is 49.3 Å². The van der Waals surface area contributed by atoms with Gasteiger partial charge in [-0.2, -0.15) is 23.1 Å². The zero-order valence-corrected chi connectivity index (χ0v) is 29.8. The van der Waals surface area contributed by atoms with Crippen LogP contribution in [0.15, 0.2) is 28.9 Å². The molecule has 5 heterocycles. The molecule has 2 unspecified atom stereocenters. The summed E-state index contributed by atoms with van der Waals surface area (Å²) in [5.74, 6) is -1.37. The van der Waals surface area contributed by atoms with Crippen LogP contribution >= 0.6 is 15.9 Å². The van der Waals surface area contributed by atoms with E-state index in [1.165, 1.54) is 18.2 Å². The fourth-order valence-electron chi connectivity index (χ4n) is 8.15. The predicted molar refractivity (Wildman–Crippen MR) is 187 cm³/mol. The first-order chi connectivity index (χ1) is 25.2. The van der Waals surface area contributed by atoms with Crippen molar-refractivity contribution in [2.24, 2.45) is 5.41 Å². The van der Waals surface area contributed by atoms with Crippen LogP contribution in [-0.4, -0.2) is 99.5 Å². The smallest absolute Gasteiger partial charge is 0.471 e. The number of benzene rings is 2. The summed E-state index contributed by atoms with van der Waals surface area (Å²) in [6.07, 6.45) is 3.16. The summed E-state index contributed by atoms with van der Waals surface area (Å²) in [6.45, 7) is 2.11. The number of carbonyl (C=O) groups excluding carboxylic acids is 1. The second kappa shape index (κ2) is 13.2. The Morgan fingerprint density at radius 2 is 1.74 bits per heavy atom. The molecule has 8 rings (SSSR count). The molecule has 1 N–H and O–H groups in total. The number of piperazine rings is 1. The number of nitrogens with zero attached hydrogens (tertiary/aromatic N) is 6. The Balaban J connectivity index is 1.22. The van der Waals surface area contributed by atoms with Crippen LogP contribution in [0.5, 0.6) is 11.8 Å². The molecule has 9 nitrogen and oxygen atoms in total. The van der Waals surface area contributed by atoms with Gasteiger partial charge in [-0.05, 0) is 78.0 Å². The standard InChI is InChI=1S/C37H33BrF6N6O3/c1-2-24-26(40)6-3-19-13-23(51)14-25(27(19)24)30-29(41)31-28(32(38)45-30)33(49-15-21-4-5-22(16-49)50(21)34(52)37(42,43)44)47-35(46-31)53-18-36(9-10-36)17-48-11-7-20(39)8-12-48/h1,3,6,13-14,20-22,51H,4-5,7-12,15-18H2. The number of amides is 1. The SMILES string of the molecule is C#Cc1c(F)ccc2cc(O)cc(-c3nc(Br)c4c(N5CC6CCC(C5)N6C(=O)C(F)(F)F)nc(OCC5(CN6CCC(F)CC6)CC5)nc4c3F)c12. The largest absolute Gasteiger partial charge is 0.508 e. The average molecular weight is 804 g/mol. The Bertz CT molecular complexity index is 2170. The van der Waals surface area contributed by atoms with Crippen LogP contribution < -0.4 is 9.64 Å². The summed E-state index contributed by atoms with van der Waals surface area (Å²) in [5, 5.41) is 11.2. The zero-order chi connectivity index (χ0) is 37.4. The molecule has 2 aromatic carbocycles. The number of alkyl halides is 4. The number of anilines is 1. The maximum atomic E-state index is 17.1. The van der Waals surface area contributed by atoms with Crippen LogP contribution in [0, 0.1) is 29.4 Å². The van der Waals surface area contributed by atoms with Gasteiger partial charge in [0.05, 0.1) is 29.6 Å². The van der Waals surface area contributed by atoms with Crippen LogP contribution in [0.3, 0.4) is 0 Å². The van der Waals surface area contributed by atoms with Crippen LogP contribution in [-0.2, 0) is 4.79 Å². The molecule has 3 aliphatic heterocycles. The van der Waals surface area contributed by atoms with Crippen molar-refractivity contribution in [1.29, 1.82) is 0 Å². The maximum Gasteiger partial charge on any atom is 0.471 e. The summed E-state index contributed by atoms with van der Waals surface area (Å²) >= 11 is 3.45. The highest BCUT2D eigenvalue weighted by Crippen LogP contribution is 2.48. The first kappa shape index (κ1) is 35.7. The summed E-state index contributed by atoms with van der Waals surface area (Å²) in [5.41, 5.74) is -0.939. The first-order valence-electron chi connectivity index (χ1n) is 17.4. The Kier molecular flexibility index (Phi) is 8.87. The number of aromatic nitrogens is 3. The molecule has 16 heteroatoms. The number of fused-ring (bicyclic) bond motifs is 4.